The van der Waals surface area contributed by atoms with Gasteiger partial charge in [0.25, 0.3) is 0 Å². The van der Waals surface area contributed by atoms with E-state index in [9.17, 15) is 5.11 Å². The van der Waals surface area contributed by atoms with Crippen LogP contribution in [0.5, 0.6) is 0 Å². The molecule has 19 heavy (non-hydrogen) atoms. The van der Waals surface area contributed by atoms with Crippen molar-refractivity contribution in [2.24, 2.45) is 0 Å². The first-order valence-corrected chi connectivity index (χ1v) is 7.86. The number of rotatable bonds is 7. The van der Waals surface area contributed by atoms with Crippen molar-refractivity contribution in [1.29, 1.82) is 0 Å². The molecule has 0 radical (unpaired) electrons. The van der Waals surface area contributed by atoms with Gasteiger partial charge in [-0.2, -0.15) is 15.0 Å². The van der Waals surface area contributed by atoms with Crippen LogP contribution in [0.4, 0.5) is 11.9 Å². The standard InChI is InChI=1S/C9H14Cl3N5OS/c1-3-13-6-15-7(17-8(16-6)19-2)14-5(18)9(11,12)4-10/h5,18H,3-4H2,1-2H3,(H2,13,14,15,16,17). The van der Waals surface area contributed by atoms with Gasteiger partial charge in [0, 0.05) is 6.54 Å². The predicted molar refractivity (Wildman–Crippen MR) is 80.6 cm³/mol. The number of alkyl halides is 3. The third kappa shape index (κ3) is 5.00. The average molecular weight is 347 g/mol. The van der Waals surface area contributed by atoms with Crippen molar-refractivity contribution in [3.05, 3.63) is 0 Å². The van der Waals surface area contributed by atoms with E-state index < -0.39 is 10.6 Å². The third-order valence-corrected chi connectivity index (χ3v) is 3.90. The van der Waals surface area contributed by atoms with E-state index in [-0.39, 0.29) is 11.8 Å². The van der Waals surface area contributed by atoms with Crippen LogP contribution in [0.3, 0.4) is 0 Å². The molecule has 6 nitrogen and oxygen atoms in total. The van der Waals surface area contributed by atoms with Crippen molar-refractivity contribution in [3.8, 4) is 0 Å². The largest absolute Gasteiger partial charge is 0.370 e. The lowest BCUT2D eigenvalue weighted by atomic mass is 10.4. The Morgan fingerprint density at radius 2 is 1.95 bits per heavy atom. The van der Waals surface area contributed by atoms with E-state index in [0.29, 0.717) is 17.6 Å². The first kappa shape index (κ1) is 16.8. The summed E-state index contributed by atoms with van der Waals surface area (Å²) in [6.07, 6.45) is 0.525. The fourth-order valence-electron chi connectivity index (χ4n) is 1.05. The molecule has 0 amide bonds. The van der Waals surface area contributed by atoms with Crippen LogP contribution in [0.15, 0.2) is 5.16 Å². The van der Waals surface area contributed by atoms with E-state index in [2.05, 4.69) is 25.6 Å². The summed E-state index contributed by atoms with van der Waals surface area (Å²) in [5.74, 6) is 0.418. The van der Waals surface area contributed by atoms with Crippen molar-refractivity contribution in [2.45, 2.75) is 22.6 Å². The fourth-order valence-corrected chi connectivity index (χ4v) is 1.66. The van der Waals surface area contributed by atoms with Crippen LogP contribution in [-0.2, 0) is 0 Å². The van der Waals surface area contributed by atoms with E-state index in [1.165, 1.54) is 11.8 Å². The number of aliphatic hydroxyl groups excluding tert-OH is 1. The number of halogens is 3. The Morgan fingerprint density at radius 3 is 2.47 bits per heavy atom. The molecule has 1 unspecified atom stereocenters. The number of nitrogens with one attached hydrogen (secondary N) is 2. The van der Waals surface area contributed by atoms with Crippen LogP contribution < -0.4 is 10.6 Å². The quantitative estimate of drug-likeness (QED) is 0.396. The van der Waals surface area contributed by atoms with Gasteiger partial charge in [0.15, 0.2) is 15.7 Å². The Morgan fingerprint density at radius 1 is 1.32 bits per heavy atom. The second-order valence-electron chi connectivity index (χ2n) is 3.44. The molecule has 0 aliphatic heterocycles. The lowest BCUT2D eigenvalue weighted by molar-refractivity contribution is 0.190. The zero-order valence-corrected chi connectivity index (χ0v) is 13.4. The maximum Gasteiger partial charge on any atom is 0.230 e. The number of thioether (sulfide) groups is 1. The molecule has 108 valence electrons. The van der Waals surface area contributed by atoms with Gasteiger partial charge in [0.05, 0.1) is 5.88 Å². The third-order valence-electron chi connectivity index (χ3n) is 1.98. The van der Waals surface area contributed by atoms with Crippen LogP contribution in [0.2, 0.25) is 0 Å². The van der Waals surface area contributed by atoms with Crippen molar-refractivity contribution in [1.82, 2.24) is 15.0 Å². The van der Waals surface area contributed by atoms with E-state index in [4.69, 9.17) is 34.8 Å². The zero-order chi connectivity index (χ0) is 14.5. The summed E-state index contributed by atoms with van der Waals surface area (Å²) >= 11 is 18.6. The molecule has 10 heteroatoms. The lowest BCUT2D eigenvalue weighted by Gasteiger charge is -2.24. The molecule has 0 aliphatic rings. The molecule has 0 fully saturated rings. The number of anilines is 2. The van der Waals surface area contributed by atoms with Gasteiger partial charge in [-0.05, 0) is 13.2 Å². The number of aromatic nitrogens is 3. The van der Waals surface area contributed by atoms with Gasteiger partial charge in [-0.3, -0.25) is 0 Å². The van der Waals surface area contributed by atoms with Gasteiger partial charge >= 0.3 is 0 Å². The Hall–Kier alpha value is -0.210. The number of nitrogens with zero attached hydrogens (tertiary/aromatic N) is 3. The van der Waals surface area contributed by atoms with Gasteiger partial charge in [0.1, 0.15) is 0 Å². The molecule has 0 saturated carbocycles. The molecule has 0 saturated heterocycles. The molecule has 0 aliphatic carbocycles. The molecule has 1 aromatic heterocycles. The Labute approximate surface area is 130 Å². The maximum atomic E-state index is 9.83. The van der Waals surface area contributed by atoms with E-state index in [1.807, 2.05) is 13.2 Å². The van der Waals surface area contributed by atoms with E-state index >= 15 is 0 Å². The van der Waals surface area contributed by atoms with Crippen LogP contribution in [0, 0.1) is 0 Å². The minimum Gasteiger partial charge on any atom is -0.370 e. The second-order valence-corrected chi connectivity index (χ2v) is 6.02. The molecule has 1 atom stereocenters. The van der Waals surface area contributed by atoms with E-state index in [0.717, 1.165) is 0 Å². The number of aliphatic hydroxyl groups is 1. The van der Waals surface area contributed by atoms with Crippen molar-refractivity contribution in [2.75, 3.05) is 29.3 Å². The highest BCUT2D eigenvalue weighted by molar-refractivity contribution is 7.98. The predicted octanol–water partition coefficient (Wildman–Crippen LogP) is 2.17. The Kier molecular flexibility index (Phi) is 6.68. The summed E-state index contributed by atoms with van der Waals surface area (Å²) in [4.78, 5) is 12.3. The van der Waals surface area contributed by atoms with Crippen molar-refractivity contribution in [3.63, 3.8) is 0 Å². The van der Waals surface area contributed by atoms with Crippen LogP contribution in [0.25, 0.3) is 0 Å². The van der Waals surface area contributed by atoms with E-state index in [1.54, 1.807) is 0 Å². The van der Waals surface area contributed by atoms with Gasteiger partial charge in [-0.15, -0.1) is 11.6 Å². The van der Waals surface area contributed by atoms with Crippen molar-refractivity contribution >= 4 is 58.5 Å². The maximum absolute atomic E-state index is 9.83. The van der Waals surface area contributed by atoms with Gasteiger partial charge in [0.2, 0.25) is 11.9 Å². The topological polar surface area (TPSA) is 83.0 Å². The van der Waals surface area contributed by atoms with Gasteiger partial charge in [-0.1, -0.05) is 35.0 Å². The fraction of sp³-hybridized carbons (Fsp3) is 0.667. The highest BCUT2D eigenvalue weighted by Gasteiger charge is 2.33. The molecule has 3 N–H and O–H groups in total. The Balaban J connectivity index is 2.90. The SMILES string of the molecule is CCNc1nc(NC(O)C(Cl)(Cl)CCl)nc(SC)n1. The normalized spacial score (nSPS) is 13.2. The highest BCUT2D eigenvalue weighted by Crippen LogP contribution is 2.27. The molecule has 0 bridgehead atoms. The minimum atomic E-state index is -1.54. The summed E-state index contributed by atoms with van der Waals surface area (Å²) in [7, 11) is 0. The molecule has 1 heterocycles. The first-order chi connectivity index (χ1) is 8.92. The summed E-state index contributed by atoms with van der Waals surface area (Å²) in [5, 5.41) is 15.9. The number of hydrogen-bond acceptors (Lipinski definition) is 7. The zero-order valence-electron chi connectivity index (χ0n) is 10.3. The van der Waals surface area contributed by atoms with Crippen LogP contribution in [0.1, 0.15) is 6.92 Å². The molecule has 0 aromatic carbocycles. The Bertz CT molecular complexity index is 423. The second kappa shape index (κ2) is 7.54. The summed E-state index contributed by atoms with van der Waals surface area (Å²) in [6.45, 7) is 2.58. The molecule has 1 aromatic rings. The molecule has 1 rings (SSSR count). The van der Waals surface area contributed by atoms with Gasteiger partial charge < -0.3 is 15.7 Å². The highest BCUT2D eigenvalue weighted by atomic mass is 35.5. The minimum absolute atomic E-state index is 0.148. The number of hydrogen-bond donors (Lipinski definition) is 3. The summed E-state index contributed by atoms with van der Waals surface area (Å²) in [5.41, 5.74) is 0. The lowest BCUT2D eigenvalue weighted by Crippen LogP contribution is -2.39. The average Bonchev–Trinajstić information content (AvgIpc) is 2.38. The molecule has 0 spiro atoms. The summed E-state index contributed by atoms with van der Waals surface area (Å²) < 4.78 is -1.54. The monoisotopic (exact) mass is 345 g/mol. The molecular weight excluding hydrogens is 333 g/mol. The van der Waals surface area contributed by atoms with Crippen LogP contribution in [-0.4, -0.2) is 49.3 Å². The summed E-state index contributed by atoms with van der Waals surface area (Å²) in [6, 6.07) is 0. The first-order valence-electron chi connectivity index (χ1n) is 5.35. The van der Waals surface area contributed by atoms with Crippen LogP contribution >= 0.6 is 46.6 Å². The molecular formula is C9H14Cl3N5OS. The van der Waals surface area contributed by atoms with Gasteiger partial charge in [-0.25, -0.2) is 0 Å². The smallest absolute Gasteiger partial charge is 0.230 e. The van der Waals surface area contributed by atoms with Crippen molar-refractivity contribution < 1.29 is 5.11 Å².